The van der Waals surface area contributed by atoms with Crippen molar-refractivity contribution in [2.45, 2.75) is 54.1 Å². The molecule has 0 spiro atoms. The number of nitriles is 1. The Labute approximate surface area is 123 Å². The summed E-state index contributed by atoms with van der Waals surface area (Å²) in [6.45, 7) is 12.9. The molecule has 0 aliphatic rings. The van der Waals surface area contributed by atoms with Gasteiger partial charge in [-0.15, -0.1) is 0 Å². The smallest absolute Gasteiger partial charge is 0.419 e. The Kier molecular flexibility index (Phi) is 6.31. The lowest BCUT2D eigenvalue weighted by Gasteiger charge is -2.20. The largest absolute Gasteiger partial charge is 0.443 e. The molecule has 0 N–H and O–H groups in total. The van der Waals surface area contributed by atoms with Crippen molar-refractivity contribution in [3.05, 3.63) is 21.4 Å². The highest BCUT2D eigenvalue weighted by Crippen LogP contribution is 2.27. The highest BCUT2D eigenvalue weighted by Gasteiger charge is 2.24. The highest BCUT2D eigenvalue weighted by molar-refractivity contribution is 9.10. The zero-order valence-corrected chi connectivity index (χ0v) is 14.2. The van der Waals surface area contributed by atoms with Crippen LogP contribution < -0.4 is 0 Å². The Morgan fingerprint density at radius 1 is 1.26 bits per heavy atom. The molecule has 0 aromatic carbocycles. The molecule has 0 saturated heterocycles. The molecular weight excluding hydrogens is 308 g/mol. The van der Waals surface area contributed by atoms with Gasteiger partial charge in [0.2, 0.25) is 0 Å². The molecule has 0 unspecified atom stereocenters. The van der Waals surface area contributed by atoms with Crippen LogP contribution in [0.5, 0.6) is 0 Å². The Morgan fingerprint density at radius 3 is 2.05 bits per heavy atom. The topological polar surface area (TPSA) is 55.0 Å². The molecule has 0 radical (unpaired) electrons. The van der Waals surface area contributed by atoms with Crippen LogP contribution in [0.4, 0.5) is 4.79 Å². The number of hydrogen-bond donors (Lipinski definition) is 0. The minimum absolute atomic E-state index is 0.463. The van der Waals surface area contributed by atoms with Gasteiger partial charge in [0.15, 0.2) is 0 Å². The van der Waals surface area contributed by atoms with Gasteiger partial charge in [-0.2, -0.15) is 5.26 Å². The Morgan fingerprint density at radius 2 is 1.74 bits per heavy atom. The molecule has 1 heterocycles. The fraction of sp³-hybridized carbons (Fsp3) is 0.571. The molecule has 1 aromatic rings. The average molecular weight is 329 g/mol. The van der Waals surface area contributed by atoms with Crippen LogP contribution in [0, 0.1) is 25.2 Å². The van der Waals surface area contributed by atoms with Gasteiger partial charge in [0.05, 0.1) is 10.0 Å². The highest BCUT2D eigenvalue weighted by atomic mass is 79.9. The van der Waals surface area contributed by atoms with E-state index in [2.05, 4.69) is 22.0 Å². The summed E-state index contributed by atoms with van der Waals surface area (Å²) in [5.74, 6) is 0. The van der Waals surface area contributed by atoms with Crippen LogP contribution in [-0.4, -0.2) is 16.3 Å². The number of carbonyl (C=O) groups excluding carboxylic acids is 1. The number of hydrogen-bond acceptors (Lipinski definition) is 3. The summed E-state index contributed by atoms with van der Waals surface area (Å²) in [6.07, 6.45) is -0.463. The average Bonchev–Trinajstić information content (AvgIpc) is 2.50. The molecule has 0 atom stereocenters. The lowest BCUT2D eigenvalue weighted by Crippen LogP contribution is -2.28. The third-order valence-electron chi connectivity index (χ3n) is 2.26. The van der Waals surface area contributed by atoms with E-state index in [4.69, 9.17) is 10.00 Å². The van der Waals surface area contributed by atoms with Gasteiger partial charge >= 0.3 is 6.09 Å². The van der Waals surface area contributed by atoms with Crippen molar-refractivity contribution in [1.82, 2.24) is 4.57 Å². The summed E-state index contributed by atoms with van der Waals surface area (Å²) >= 11 is 3.31. The summed E-state index contributed by atoms with van der Waals surface area (Å²) in [6, 6.07) is 2.07. The number of nitrogens with zero attached hydrogens (tertiary/aromatic N) is 2. The van der Waals surface area contributed by atoms with E-state index in [1.54, 1.807) is 34.6 Å². The van der Waals surface area contributed by atoms with E-state index in [0.29, 0.717) is 21.4 Å². The molecule has 0 aliphatic heterocycles. The molecule has 0 saturated carbocycles. The minimum atomic E-state index is -0.556. The Hall–Kier alpha value is -1.28. The first kappa shape index (κ1) is 17.7. The summed E-state index contributed by atoms with van der Waals surface area (Å²) in [4.78, 5) is 12.0. The summed E-state index contributed by atoms with van der Waals surface area (Å²) < 4.78 is 7.34. The van der Waals surface area contributed by atoms with E-state index in [1.165, 1.54) is 4.57 Å². The molecule has 106 valence electrons. The first-order valence-electron chi connectivity index (χ1n) is 6.20. The predicted molar refractivity (Wildman–Crippen MR) is 79.3 cm³/mol. The predicted octanol–water partition coefficient (Wildman–Crippen LogP) is 4.55. The first-order valence-corrected chi connectivity index (χ1v) is 6.99. The molecule has 0 amide bonds. The van der Waals surface area contributed by atoms with Gasteiger partial charge in [-0.25, -0.2) is 4.79 Å². The second kappa shape index (κ2) is 6.76. The van der Waals surface area contributed by atoms with Crippen molar-refractivity contribution in [3.63, 3.8) is 0 Å². The van der Waals surface area contributed by atoms with Crippen molar-refractivity contribution >= 4 is 22.0 Å². The van der Waals surface area contributed by atoms with Crippen LogP contribution in [0.2, 0.25) is 0 Å². The SMILES string of the molecule is CC.Cc1c(Br)c(C#N)c(C)n1C(=O)OC(C)(C)C. The summed E-state index contributed by atoms with van der Waals surface area (Å²) in [5.41, 5.74) is 1.17. The van der Waals surface area contributed by atoms with Crippen LogP contribution >= 0.6 is 15.9 Å². The fourth-order valence-electron chi connectivity index (χ4n) is 1.51. The molecule has 0 fully saturated rings. The maximum absolute atomic E-state index is 12.0. The number of rotatable bonds is 0. The molecule has 5 heteroatoms. The van der Waals surface area contributed by atoms with Crippen LogP contribution in [0.1, 0.15) is 51.6 Å². The van der Waals surface area contributed by atoms with Gasteiger partial charge in [-0.3, -0.25) is 4.57 Å². The zero-order chi connectivity index (χ0) is 15.4. The van der Waals surface area contributed by atoms with Crippen LogP contribution in [0.25, 0.3) is 0 Å². The van der Waals surface area contributed by atoms with Crippen LogP contribution in [0.15, 0.2) is 4.47 Å². The Balaban J connectivity index is 0.00000154. The maximum atomic E-state index is 12.0. The van der Waals surface area contributed by atoms with Gasteiger partial charge in [0, 0.05) is 11.4 Å². The van der Waals surface area contributed by atoms with E-state index in [1.807, 2.05) is 13.8 Å². The molecule has 19 heavy (non-hydrogen) atoms. The minimum Gasteiger partial charge on any atom is -0.443 e. The van der Waals surface area contributed by atoms with Crippen molar-refractivity contribution < 1.29 is 9.53 Å². The first-order chi connectivity index (χ1) is 8.69. The van der Waals surface area contributed by atoms with E-state index in [9.17, 15) is 4.79 Å². The molecule has 4 nitrogen and oxygen atoms in total. The number of carbonyl (C=O) groups is 1. The van der Waals surface area contributed by atoms with E-state index in [0.717, 1.165) is 0 Å². The van der Waals surface area contributed by atoms with E-state index in [-0.39, 0.29) is 0 Å². The molecule has 0 aliphatic carbocycles. The third kappa shape index (κ3) is 4.10. The maximum Gasteiger partial charge on any atom is 0.419 e. The lowest BCUT2D eigenvalue weighted by molar-refractivity contribution is 0.0531. The van der Waals surface area contributed by atoms with Crippen molar-refractivity contribution in [1.29, 1.82) is 5.26 Å². The van der Waals surface area contributed by atoms with Crippen molar-refractivity contribution in [3.8, 4) is 6.07 Å². The van der Waals surface area contributed by atoms with Crippen LogP contribution in [0.3, 0.4) is 0 Å². The van der Waals surface area contributed by atoms with Crippen molar-refractivity contribution in [2.75, 3.05) is 0 Å². The molecule has 1 aromatic heterocycles. The standard InChI is InChI=1S/C12H15BrN2O2.C2H6/c1-7-9(6-14)10(13)8(2)15(7)11(16)17-12(3,4)5;1-2/h1-5H3;1-2H3. The van der Waals surface area contributed by atoms with Gasteiger partial charge in [0.1, 0.15) is 11.7 Å². The normalized spacial score (nSPS) is 10.3. The molecule has 0 bridgehead atoms. The summed E-state index contributed by atoms with van der Waals surface area (Å²) in [7, 11) is 0. The lowest BCUT2D eigenvalue weighted by atomic mass is 10.2. The Bertz CT molecular complexity index is 505. The van der Waals surface area contributed by atoms with Gasteiger partial charge in [0.25, 0.3) is 0 Å². The van der Waals surface area contributed by atoms with E-state index >= 15 is 0 Å². The van der Waals surface area contributed by atoms with Gasteiger partial charge in [-0.1, -0.05) is 13.8 Å². The number of aromatic nitrogens is 1. The van der Waals surface area contributed by atoms with Crippen LogP contribution in [-0.2, 0) is 4.74 Å². The van der Waals surface area contributed by atoms with Gasteiger partial charge < -0.3 is 4.74 Å². The zero-order valence-electron chi connectivity index (χ0n) is 12.6. The number of ether oxygens (including phenoxy) is 1. The van der Waals surface area contributed by atoms with Gasteiger partial charge in [-0.05, 0) is 50.5 Å². The third-order valence-corrected chi connectivity index (χ3v) is 3.23. The fourth-order valence-corrected chi connectivity index (χ4v) is 2.07. The quantitative estimate of drug-likeness (QED) is 0.702. The molecular formula is C14H21BrN2O2. The molecule has 1 rings (SSSR count). The monoisotopic (exact) mass is 328 g/mol. The van der Waals surface area contributed by atoms with E-state index < -0.39 is 11.7 Å². The second-order valence-electron chi connectivity index (χ2n) is 4.79. The summed E-state index contributed by atoms with van der Waals surface area (Å²) in [5, 5.41) is 9.01. The number of halogens is 1. The second-order valence-corrected chi connectivity index (χ2v) is 5.58. The van der Waals surface area contributed by atoms with Crippen molar-refractivity contribution in [2.24, 2.45) is 0 Å².